The van der Waals surface area contributed by atoms with Gasteiger partial charge in [-0.15, -0.1) is 0 Å². The molecule has 2 rings (SSSR count). The van der Waals surface area contributed by atoms with Gasteiger partial charge in [-0.2, -0.15) is 5.26 Å². The quantitative estimate of drug-likeness (QED) is 0.778. The van der Waals surface area contributed by atoms with E-state index in [1.54, 1.807) is 7.05 Å². The van der Waals surface area contributed by atoms with Gasteiger partial charge in [-0.05, 0) is 23.8 Å². The molecule has 1 heterocycles. The maximum atomic E-state index is 13.2. The number of carbonyl (C=O) groups excluding carboxylic acids is 2. The molecule has 98 valence electrons. The van der Waals surface area contributed by atoms with Crippen LogP contribution in [0.3, 0.4) is 0 Å². The highest BCUT2D eigenvalue weighted by molar-refractivity contribution is 5.92. The maximum Gasteiger partial charge on any atom is 0.242 e. The summed E-state index contributed by atoms with van der Waals surface area (Å²) in [5, 5.41) is 8.95. The van der Waals surface area contributed by atoms with Gasteiger partial charge in [0.25, 0.3) is 0 Å². The summed E-state index contributed by atoms with van der Waals surface area (Å²) >= 11 is 0. The van der Waals surface area contributed by atoms with E-state index >= 15 is 0 Å². The number of nitrogens with zero attached hydrogens (tertiary/aromatic N) is 3. The molecule has 1 fully saturated rings. The van der Waals surface area contributed by atoms with Gasteiger partial charge in [0.1, 0.15) is 12.4 Å². The Morgan fingerprint density at radius 3 is 2.74 bits per heavy atom. The molecule has 5 nitrogen and oxygen atoms in total. The van der Waals surface area contributed by atoms with E-state index in [-0.39, 0.29) is 31.4 Å². The predicted octanol–water partition coefficient (Wildman–Crippen LogP) is 0.498. The summed E-state index contributed by atoms with van der Waals surface area (Å²) < 4.78 is 13.2. The maximum absolute atomic E-state index is 13.2. The summed E-state index contributed by atoms with van der Waals surface area (Å²) in [4.78, 5) is 26.0. The van der Waals surface area contributed by atoms with E-state index in [0.29, 0.717) is 11.1 Å². The fraction of sp³-hybridized carbons (Fsp3) is 0.308. The van der Waals surface area contributed by atoms with Crippen LogP contribution in [0, 0.1) is 17.1 Å². The lowest BCUT2D eigenvalue weighted by Crippen LogP contribution is -2.51. The van der Waals surface area contributed by atoms with Crippen molar-refractivity contribution < 1.29 is 14.0 Å². The Morgan fingerprint density at radius 2 is 2.05 bits per heavy atom. The Bertz CT molecular complexity index is 580. The lowest BCUT2D eigenvalue weighted by atomic mass is 10.1. The molecule has 1 aliphatic rings. The monoisotopic (exact) mass is 261 g/mol. The number of carbonyl (C=O) groups is 2. The zero-order chi connectivity index (χ0) is 14.0. The Morgan fingerprint density at radius 1 is 1.32 bits per heavy atom. The van der Waals surface area contributed by atoms with Crippen LogP contribution in [-0.2, 0) is 16.1 Å². The van der Waals surface area contributed by atoms with E-state index in [2.05, 4.69) is 0 Å². The van der Waals surface area contributed by atoms with Crippen LogP contribution in [0.15, 0.2) is 18.2 Å². The summed E-state index contributed by atoms with van der Waals surface area (Å²) in [7, 11) is 1.56. The van der Waals surface area contributed by atoms with Crippen LogP contribution in [0.4, 0.5) is 4.39 Å². The third kappa shape index (κ3) is 2.71. The highest BCUT2D eigenvalue weighted by Gasteiger charge is 2.27. The van der Waals surface area contributed by atoms with Gasteiger partial charge in [0.05, 0.1) is 18.2 Å². The van der Waals surface area contributed by atoms with Crippen molar-refractivity contribution in [3.05, 3.63) is 35.1 Å². The average Bonchev–Trinajstić information content (AvgIpc) is 2.36. The molecule has 6 heteroatoms. The molecular formula is C13H12FN3O2. The Kier molecular flexibility index (Phi) is 3.47. The van der Waals surface area contributed by atoms with E-state index in [0.717, 1.165) is 0 Å². The number of amides is 2. The van der Waals surface area contributed by atoms with Gasteiger partial charge >= 0.3 is 0 Å². The van der Waals surface area contributed by atoms with Gasteiger partial charge in [0.15, 0.2) is 0 Å². The van der Waals surface area contributed by atoms with Gasteiger partial charge < -0.3 is 9.80 Å². The second-order valence-electron chi connectivity index (χ2n) is 4.41. The largest absolute Gasteiger partial charge is 0.335 e. The van der Waals surface area contributed by atoms with Crippen LogP contribution >= 0.6 is 0 Å². The molecule has 1 saturated heterocycles. The Labute approximate surface area is 109 Å². The standard InChI is InChI=1S/C13H12FN3O2/c1-16-7-13(19)17(8-12(16)18)6-10-4-11(14)3-2-9(10)5-15/h2-4H,6-8H2,1H3. The first-order valence-electron chi connectivity index (χ1n) is 5.71. The SMILES string of the molecule is CN1CC(=O)N(Cc2cc(F)ccc2C#N)CC1=O. The smallest absolute Gasteiger partial charge is 0.242 e. The molecule has 1 aromatic rings. The summed E-state index contributed by atoms with van der Waals surface area (Å²) in [6.45, 7) is 0.0335. The van der Waals surface area contributed by atoms with Gasteiger partial charge in [0, 0.05) is 13.6 Å². The number of hydrogen-bond donors (Lipinski definition) is 0. The molecule has 1 aliphatic heterocycles. The van der Waals surface area contributed by atoms with Gasteiger partial charge in [-0.1, -0.05) is 0 Å². The highest BCUT2D eigenvalue weighted by Crippen LogP contribution is 2.15. The molecular weight excluding hydrogens is 249 g/mol. The van der Waals surface area contributed by atoms with Gasteiger partial charge in [-0.3, -0.25) is 9.59 Å². The zero-order valence-corrected chi connectivity index (χ0v) is 10.4. The van der Waals surface area contributed by atoms with Crippen molar-refractivity contribution >= 4 is 11.8 Å². The topological polar surface area (TPSA) is 64.4 Å². The summed E-state index contributed by atoms with van der Waals surface area (Å²) in [5.41, 5.74) is 0.716. The van der Waals surface area contributed by atoms with Crippen molar-refractivity contribution in [2.45, 2.75) is 6.54 Å². The van der Waals surface area contributed by atoms with Crippen LogP contribution < -0.4 is 0 Å². The lowest BCUT2D eigenvalue weighted by Gasteiger charge is -2.31. The first-order chi connectivity index (χ1) is 9.01. The van der Waals surface area contributed by atoms with Crippen LogP contribution in [0.5, 0.6) is 0 Å². The highest BCUT2D eigenvalue weighted by atomic mass is 19.1. The molecule has 0 spiro atoms. The third-order valence-corrected chi connectivity index (χ3v) is 3.03. The van der Waals surface area contributed by atoms with E-state index in [4.69, 9.17) is 5.26 Å². The van der Waals surface area contributed by atoms with Crippen LogP contribution in [0.25, 0.3) is 0 Å². The number of benzene rings is 1. The number of piperazine rings is 1. The van der Waals surface area contributed by atoms with E-state index in [1.807, 2.05) is 6.07 Å². The summed E-state index contributed by atoms with van der Waals surface area (Å²) in [6, 6.07) is 5.73. The van der Waals surface area contributed by atoms with Crippen LogP contribution in [0.2, 0.25) is 0 Å². The average molecular weight is 261 g/mol. The molecule has 0 bridgehead atoms. The van der Waals surface area contributed by atoms with Crippen molar-refractivity contribution in [1.82, 2.24) is 9.80 Å². The molecule has 19 heavy (non-hydrogen) atoms. The minimum atomic E-state index is -0.470. The van der Waals surface area contributed by atoms with Crippen molar-refractivity contribution in [2.24, 2.45) is 0 Å². The second-order valence-corrected chi connectivity index (χ2v) is 4.41. The minimum Gasteiger partial charge on any atom is -0.335 e. The zero-order valence-electron chi connectivity index (χ0n) is 10.4. The Balaban J connectivity index is 2.22. The third-order valence-electron chi connectivity index (χ3n) is 3.03. The first-order valence-corrected chi connectivity index (χ1v) is 5.71. The fourth-order valence-electron chi connectivity index (χ4n) is 1.92. The van der Waals surface area contributed by atoms with E-state index in [1.165, 1.54) is 28.0 Å². The predicted molar refractivity (Wildman–Crippen MR) is 64.2 cm³/mol. The number of hydrogen-bond acceptors (Lipinski definition) is 3. The molecule has 2 amide bonds. The van der Waals surface area contributed by atoms with E-state index in [9.17, 15) is 14.0 Å². The summed E-state index contributed by atoms with van der Waals surface area (Å²) in [6.07, 6.45) is 0. The first kappa shape index (κ1) is 13.0. The molecule has 1 aromatic carbocycles. The van der Waals surface area contributed by atoms with E-state index < -0.39 is 5.82 Å². The normalized spacial score (nSPS) is 15.6. The van der Waals surface area contributed by atoms with Crippen molar-refractivity contribution in [2.75, 3.05) is 20.1 Å². The van der Waals surface area contributed by atoms with Crippen LogP contribution in [-0.4, -0.2) is 41.8 Å². The minimum absolute atomic E-state index is 0.00996. The lowest BCUT2D eigenvalue weighted by molar-refractivity contribution is -0.149. The van der Waals surface area contributed by atoms with Gasteiger partial charge in [-0.25, -0.2) is 4.39 Å². The number of rotatable bonds is 2. The number of halogens is 1. The Hall–Kier alpha value is -2.42. The molecule has 0 aromatic heterocycles. The van der Waals surface area contributed by atoms with Crippen molar-refractivity contribution in [3.63, 3.8) is 0 Å². The number of nitriles is 1. The molecule has 0 atom stereocenters. The summed E-state index contributed by atoms with van der Waals surface area (Å²) in [5.74, 6) is -0.855. The molecule has 0 aliphatic carbocycles. The molecule has 0 unspecified atom stereocenters. The second kappa shape index (κ2) is 5.06. The van der Waals surface area contributed by atoms with Crippen molar-refractivity contribution in [1.29, 1.82) is 5.26 Å². The molecule has 0 saturated carbocycles. The fourth-order valence-corrected chi connectivity index (χ4v) is 1.92. The van der Waals surface area contributed by atoms with Gasteiger partial charge in [0.2, 0.25) is 11.8 Å². The van der Waals surface area contributed by atoms with Crippen LogP contribution in [0.1, 0.15) is 11.1 Å². The number of likely N-dealkylation sites (N-methyl/N-ethyl adjacent to an activating group) is 1. The molecule has 0 N–H and O–H groups in total. The molecule has 0 radical (unpaired) electrons. The van der Waals surface area contributed by atoms with Crippen molar-refractivity contribution in [3.8, 4) is 6.07 Å².